The summed E-state index contributed by atoms with van der Waals surface area (Å²) < 4.78 is 18.9. The molecule has 4 nitrogen and oxygen atoms in total. The predicted molar refractivity (Wildman–Crippen MR) is 119 cm³/mol. The minimum absolute atomic E-state index is 0. The van der Waals surface area contributed by atoms with Gasteiger partial charge in [-0.15, -0.1) is 24.0 Å². The molecule has 2 N–H and O–H groups in total. The molecule has 3 rings (SSSR count). The van der Waals surface area contributed by atoms with Gasteiger partial charge in [0, 0.05) is 18.5 Å². The minimum atomic E-state index is -0.355. The van der Waals surface area contributed by atoms with Crippen LogP contribution in [0.25, 0.3) is 0 Å². The van der Waals surface area contributed by atoms with E-state index in [0.717, 1.165) is 17.9 Å². The van der Waals surface area contributed by atoms with Crippen molar-refractivity contribution in [3.63, 3.8) is 0 Å². The highest BCUT2D eigenvalue weighted by Crippen LogP contribution is 2.40. The van der Waals surface area contributed by atoms with E-state index in [1.165, 1.54) is 18.7 Å². The van der Waals surface area contributed by atoms with Crippen molar-refractivity contribution in [3.05, 3.63) is 65.5 Å². The number of hydrogen-bond acceptors (Lipinski definition) is 2. The zero-order chi connectivity index (χ0) is 18.5. The number of methoxy groups -OCH3 is 1. The maximum atomic E-state index is 14.0. The Bertz CT molecular complexity index is 769. The van der Waals surface area contributed by atoms with Gasteiger partial charge >= 0.3 is 0 Å². The number of ether oxygens (including phenoxy) is 1. The topological polar surface area (TPSA) is 45.7 Å². The Kier molecular flexibility index (Phi) is 7.89. The van der Waals surface area contributed by atoms with E-state index in [4.69, 9.17) is 4.74 Å². The van der Waals surface area contributed by atoms with Crippen molar-refractivity contribution < 1.29 is 9.13 Å². The van der Waals surface area contributed by atoms with Crippen LogP contribution in [0.4, 0.5) is 4.39 Å². The van der Waals surface area contributed by atoms with E-state index in [-0.39, 0.29) is 41.6 Å². The van der Waals surface area contributed by atoms with Crippen LogP contribution >= 0.6 is 24.0 Å². The van der Waals surface area contributed by atoms with Crippen molar-refractivity contribution >= 4 is 29.9 Å². The van der Waals surface area contributed by atoms with Gasteiger partial charge in [-0.3, -0.25) is 4.99 Å². The highest BCUT2D eigenvalue weighted by atomic mass is 127. The summed E-state index contributed by atoms with van der Waals surface area (Å²) in [4.78, 5) is 4.53. The summed E-state index contributed by atoms with van der Waals surface area (Å²) in [6.45, 7) is 4.68. The average molecular weight is 483 g/mol. The number of halogens is 2. The SMILES string of the molecule is CCN=C(NC(C)c1ccc(OC)c(F)c1)NC1CC1c1ccccc1.I. The summed E-state index contributed by atoms with van der Waals surface area (Å²) in [6, 6.07) is 15.9. The van der Waals surface area contributed by atoms with Gasteiger partial charge < -0.3 is 15.4 Å². The number of benzene rings is 2. The first-order chi connectivity index (χ1) is 12.6. The molecule has 1 aliphatic rings. The molecule has 0 spiro atoms. The van der Waals surface area contributed by atoms with Gasteiger partial charge in [0.25, 0.3) is 0 Å². The van der Waals surface area contributed by atoms with Gasteiger partial charge in [-0.1, -0.05) is 36.4 Å². The largest absolute Gasteiger partial charge is 0.494 e. The van der Waals surface area contributed by atoms with Crippen LogP contribution in [0.1, 0.15) is 43.4 Å². The minimum Gasteiger partial charge on any atom is -0.494 e. The molecule has 2 aromatic rings. The lowest BCUT2D eigenvalue weighted by Gasteiger charge is -2.19. The Morgan fingerprint density at radius 1 is 1.26 bits per heavy atom. The molecule has 1 saturated carbocycles. The Morgan fingerprint density at radius 3 is 2.63 bits per heavy atom. The molecule has 0 aliphatic heterocycles. The molecule has 6 heteroatoms. The fraction of sp³-hybridized carbons (Fsp3) is 0.381. The van der Waals surface area contributed by atoms with Gasteiger partial charge in [0.2, 0.25) is 0 Å². The monoisotopic (exact) mass is 483 g/mol. The standard InChI is InChI=1S/C21H26FN3O.HI/c1-4-23-21(25-19-13-17(19)15-8-6-5-7-9-15)24-14(2)16-10-11-20(26-3)18(22)12-16;/h5-12,14,17,19H,4,13H2,1-3H3,(H2,23,24,25);1H. The fourth-order valence-corrected chi connectivity index (χ4v) is 3.13. The molecule has 146 valence electrons. The van der Waals surface area contributed by atoms with Crippen molar-refractivity contribution in [1.82, 2.24) is 10.6 Å². The van der Waals surface area contributed by atoms with Crippen molar-refractivity contribution in [2.75, 3.05) is 13.7 Å². The molecule has 0 radical (unpaired) electrons. The van der Waals surface area contributed by atoms with Crippen molar-refractivity contribution in [2.24, 2.45) is 4.99 Å². The molecular formula is C21H27FIN3O. The van der Waals surface area contributed by atoms with Gasteiger partial charge in [-0.05, 0) is 43.5 Å². The number of hydrogen-bond donors (Lipinski definition) is 2. The second kappa shape index (κ2) is 9.92. The van der Waals surface area contributed by atoms with Crippen molar-refractivity contribution in [1.29, 1.82) is 0 Å². The predicted octanol–water partition coefficient (Wildman–Crippen LogP) is 4.62. The summed E-state index contributed by atoms with van der Waals surface area (Å²) in [6.07, 6.45) is 1.10. The Labute approximate surface area is 177 Å². The average Bonchev–Trinajstić information content (AvgIpc) is 3.41. The molecule has 0 saturated heterocycles. The highest BCUT2D eigenvalue weighted by Gasteiger charge is 2.39. The van der Waals surface area contributed by atoms with Gasteiger partial charge in [-0.2, -0.15) is 0 Å². The van der Waals surface area contributed by atoms with Crippen LogP contribution in [0, 0.1) is 5.82 Å². The number of nitrogens with one attached hydrogen (secondary N) is 2. The smallest absolute Gasteiger partial charge is 0.191 e. The third-order valence-corrected chi connectivity index (χ3v) is 4.69. The summed E-state index contributed by atoms with van der Waals surface area (Å²) in [5.74, 6) is 1.19. The molecule has 0 aromatic heterocycles. The van der Waals surface area contributed by atoms with Crippen LogP contribution in [-0.2, 0) is 0 Å². The maximum Gasteiger partial charge on any atom is 0.191 e. The Balaban J connectivity index is 0.00000261. The van der Waals surface area contributed by atoms with Gasteiger partial charge in [0.1, 0.15) is 0 Å². The third kappa shape index (κ3) is 5.57. The normalized spacial score (nSPS) is 19.6. The summed E-state index contributed by atoms with van der Waals surface area (Å²) >= 11 is 0. The molecule has 3 unspecified atom stereocenters. The summed E-state index contributed by atoms with van der Waals surface area (Å²) in [5.41, 5.74) is 2.20. The van der Waals surface area contributed by atoms with Crippen molar-refractivity contribution in [2.45, 2.75) is 38.3 Å². The summed E-state index contributed by atoms with van der Waals surface area (Å²) in [5, 5.41) is 6.87. The molecule has 0 amide bonds. The molecule has 1 fully saturated rings. The van der Waals surface area contributed by atoms with Crippen LogP contribution in [0.15, 0.2) is 53.5 Å². The summed E-state index contributed by atoms with van der Waals surface area (Å²) in [7, 11) is 1.47. The zero-order valence-electron chi connectivity index (χ0n) is 15.9. The van der Waals surface area contributed by atoms with Crippen LogP contribution in [0.3, 0.4) is 0 Å². The lowest BCUT2D eigenvalue weighted by molar-refractivity contribution is 0.386. The quantitative estimate of drug-likeness (QED) is 0.358. The number of guanidine groups is 1. The van der Waals surface area contributed by atoms with E-state index in [2.05, 4.69) is 39.9 Å². The molecule has 0 heterocycles. The van der Waals surface area contributed by atoms with Gasteiger partial charge in [-0.25, -0.2) is 4.39 Å². The lowest BCUT2D eigenvalue weighted by atomic mass is 10.1. The first-order valence-electron chi connectivity index (χ1n) is 9.08. The molecule has 3 atom stereocenters. The molecule has 2 aromatic carbocycles. The first-order valence-corrected chi connectivity index (χ1v) is 9.08. The number of rotatable bonds is 6. The van der Waals surface area contributed by atoms with Crippen LogP contribution in [0.2, 0.25) is 0 Å². The van der Waals surface area contributed by atoms with E-state index >= 15 is 0 Å². The Hall–Kier alpha value is -1.83. The van der Waals surface area contributed by atoms with E-state index in [0.29, 0.717) is 18.5 Å². The third-order valence-electron chi connectivity index (χ3n) is 4.69. The molecule has 1 aliphatic carbocycles. The fourth-order valence-electron chi connectivity index (χ4n) is 3.13. The van der Waals surface area contributed by atoms with E-state index in [1.54, 1.807) is 6.07 Å². The molecular weight excluding hydrogens is 456 g/mol. The van der Waals surface area contributed by atoms with Gasteiger partial charge in [0.15, 0.2) is 17.5 Å². The van der Waals surface area contributed by atoms with Crippen LogP contribution < -0.4 is 15.4 Å². The highest BCUT2D eigenvalue weighted by molar-refractivity contribution is 14.0. The number of nitrogens with zero attached hydrogens (tertiary/aromatic N) is 1. The second-order valence-corrected chi connectivity index (χ2v) is 6.59. The van der Waals surface area contributed by atoms with Crippen molar-refractivity contribution in [3.8, 4) is 5.75 Å². The first kappa shape index (κ1) is 21.5. The van der Waals surface area contributed by atoms with E-state index in [1.807, 2.05) is 26.0 Å². The Morgan fingerprint density at radius 2 is 2.00 bits per heavy atom. The van der Waals surface area contributed by atoms with E-state index < -0.39 is 0 Å². The maximum absolute atomic E-state index is 14.0. The van der Waals surface area contributed by atoms with Crippen LogP contribution in [-0.4, -0.2) is 25.7 Å². The lowest BCUT2D eigenvalue weighted by Crippen LogP contribution is -2.40. The zero-order valence-corrected chi connectivity index (χ0v) is 18.2. The molecule has 27 heavy (non-hydrogen) atoms. The number of aliphatic imine (C=N–C) groups is 1. The van der Waals surface area contributed by atoms with Gasteiger partial charge in [0.05, 0.1) is 13.2 Å². The van der Waals surface area contributed by atoms with E-state index in [9.17, 15) is 4.39 Å². The second-order valence-electron chi connectivity index (χ2n) is 6.59. The molecule has 0 bridgehead atoms. The van der Waals surface area contributed by atoms with Crippen LogP contribution in [0.5, 0.6) is 5.75 Å².